The van der Waals surface area contributed by atoms with Crippen molar-refractivity contribution < 1.29 is 4.42 Å². The van der Waals surface area contributed by atoms with Gasteiger partial charge in [0, 0.05) is 27.8 Å². The van der Waals surface area contributed by atoms with Crippen LogP contribution in [0.15, 0.2) is 205 Å². The van der Waals surface area contributed by atoms with Crippen molar-refractivity contribution in [1.29, 1.82) is 0 Å². The highest BCUT2D eigenvalue weighted by molar-refractivity contribution is 6.22. The first-order valence-electron chi connectivity index (χ1n) is 17.8. The zero-order valence-corrected chi connectivity index (χ0v) is 28.4. The summed E-state index contributed by atoms with van der Waals surface area (Å²) in [5, 5.41) is 7.19. The molecule has 0 atom stereocenters. The number of fused-ring (bicyclic) bond motifs is 6. The predicted octanol–water partition coefficient (Wildman–Crippen LogP) is 14.4. The van der Waals surface area contributed by atoms with Crippen molar-refractivity contribution in [2.45, 2.75) is 0 Å². The van der Waals surface area contributed by atoms with Crippen LogP contribution in [0.4, 0.5) is 17.1 Å². The first-order chi connectivity index (χ1) is 25.8. The molecule has 0 spiro atoms. The van der Waals surface area contributed by atoms with Crippen molar-refractivity contribution >= 4 is 60.5 Å². The van der Waals surface area contributed by atoms with Crippen LogP contribution >= 0.6 is 0 Å². The fourth-order valence-electron chi connectivity index (χ4n) is 7.70. The quantitative estimate of drug-likeness (QED) is 0.176. The smallest absolute Gasteiger partial charge is 0.136 e. The van der Waals surface area contributed by atoms with E-state index in [-0.39, 0.29) is 0 Å². The Labute approximate surface area is 302 Å². The molecule has 9 aromatic carbocycles. The van der Waals surface area contributed by atoms with E-state index in [1.54, 1.807) is 0 Å². The third-order valence-corrected chi connectivity index (χ3v) is 10.2. The van der Waals surface area contributed by atoms with Crippen molar-refractivity contribution in [2.75, 3.05) is 4.90 Å². The summed E-state index contributed by atoms with van der Waals surface area (Å²) in [5.41, 5.74) is 12.2. The Morgan fingerprint density at radius 2 is 0.923 bits per heavy atom. The summed E-state index contributed by atoms with van der Waals surface area (Å²) in [4.78, 5) is 2.34. The minimum atomic E-state index is 0.904. The Kier molecular flexibility index (Phi) is 7.18. The van der Waals surface area contributed by atoms with Gasteiger partial charge in [-0.2, -0.15) is 0 Å². The second kappa shape index (κ2) is 12.5. The highest BCUT2D eigenvalue weighted by Crippen LogP contribution is 2.43. The Bertz CT molecular complexity index is 2890. The van der Waals surface area contributed by atoms with E-state index in [0.717, 1.165) is 50.1 Å². The van der Waals surface area contributed by atoms with Crippen LogP contribution in [0.3, 0.4) is 0 Å². The highest BCUT2D eigenvalue weighted by atomic mass is 16.3. The average molecular weight is 664 g/mol. The molecule has 0 aliphatic rings. The molecule has 0 N–H and O–H groups in total. The van der Waals surface area contributed by atoms with E-state index in [1.165, 1.54) is 43.8 Å². The molecule has 0 radical (unpaired) electrons. The summed E-state index contributed by atoms with van der Waals surface area (Å²) >= 11 is 0. The molecule has 0 unspecified atom stereocenters. The summed E-state index contributed by atoms with van der Waals surface area (Å²) < 4.78 is 6.47. The van der Waals surface area contributed by atoms with Crippen molar-refractivity contribution in [3.63, 3.8) is 0 Å². The van der Waals surface area contributed by atoms with E-state index >= 15 is 0 Å². The van der Waals surface area contributed by atoms with Crippen molar-refractivity contribution in [3.8, 4) is 33.4 Å². The van der Waals surface area contributed by atoms with E-state index in [1.807, 2.05) is 6.07 Å². The number of anilines is 3. The summed E-state index contributed by atoms with van der Waals surface area (Å²) in [6.07, 6.45) is 0. The number of benzene rings is 9. The number of hydrogen-bond donors (Lipinski definition) is 0. The van der Waals surface area contributed by atoms with Gasteiger partial charge in [-0.05, 0) is 116 Å². The minimum absolute atomic E-state index is 0.904. The van der Waals surface area contributed by atoms with Crippen LogP contribution in [0.25, 0.3) is 76.9 Å². The Morgan fingerprint density at radius 3 is 1.77 bits per heavy atom. The molecule has 0 saturated carbocycles. The Balaban J connectivity index is 1.09. The van der Waals surface area contributed by atoms with Gasteiger partial charge in [0.15, 0.2) is 0 Å². The summed E-state index contributed by atoms with van der Waals surface area (Å²) in [5.74, 6) is 0. The monoisotopic (exact) mass is 663 g/mol. The van der Waals surface area contributed by atoms with Gasteiger partial charge in [-0.15, -0.1) is 0 Å². The first kappa shape index (κ1) is 30.0. The molecule has 0 fully saturated rings. The second-order valence-corrected chi connectivity index (χ2v) is 13.4. The van der Waals surface area contributed by atoms with Crippen molar-refractivity contribution in [3.05, 3.63) is 200 Å². The molecule has 52 heavy (non-hydrogen) atoms. The van der Waals surface area contributed by atoms with Crippen LogP contribution in [-0.2, 0) is 0 Å². The molecule has 0 aliphatic heterocycles. The molecule has 0 amide bonds. The standard InChI is InChI=1S/C50H33NO/c1-3-13-36(14-4-1)46-33-49-50(45-20-9-10-21-48(45)52-49)47-32-40(26-29-44(46)47)38-16-11-19-43(31-38)51(41-17-5-2-6-18-41)42-27-24-35(25-28-42)39-23-22-34-12-7-8-15-37(34)30-39/h1-33H. The van der Waals surface area contributed by atoms with Crippen LogP contribution < -0.4 is 4.90 Å². The van der Waals surface area contributed by atoms with Gasteiger partial charge in [0.1, 0.15) is 11.2 Å². The molecule has 244 valence electrons. The van der Waals surface area contributed by atoms with Gasteiger partial charge in [-0.25, -0.2) is 0 Å². The van der Waals surface area contributed by atoms with E-state index in [2.05, 4.69) is 199 Å². The van der Waals surface area contributed by atoms with Gasteiger partial charge in [0.25, 0.3) is 0 Å². The van der Waals surface area contributed by atoms with E-state index in [4.69, 9.17) is 4.42 Å². The van der Waals surface area contributed by atoms with Gasteiger partial charge in [0.2, 0.25) is 0 Å². The lowest BCUT2D eigenvalue weighted by molar-refractivity contribution is 0.669. The maximum absolute atomic E-state index is 6.47. The second-order valence-electron chi connectivity index (χ2n) is 13.4. The van der Waals surface area contributed by atoms with Crippen LogP contribution in [0, 0.1) is 0 Å². The van der Waals surface area contributed by atoms with E-state index in [0.29, 0.717) is 0 Å². The number of rotatable bonds is 6. The lowest BCUT2D eigenvalue weighted by Gasteiger charge is -2.26. The topological polar surface area (TPSA) is 16.4 Å². The first-order valence-corrected chi connectivity index (χ1v) is 17.8. The lowest BCUT2D eigenvalue weighted by Crippen LogP contribution is -2.09. The highest BCUT2D eigenvalue weighted by Gasteiger charge is 2.17. The van der Waals surface area contributed by atoms with Crippen LogP contribution in [-0.4, -0.2) is 0 Å². The third-order valence-electron chi connectivity index (χ3n) is 10.2. The predicted molar refractivity (Wildman–Crippen MR) is 220 cm³/mol. The third kappa shape index (κ3) is 5.21. The summed E-state index contributed by atoms with van der Waals surface area (Å²) in [7, 11) is 0. The molecule has 1 aromatic heterocycles. The fourth-order valence-corrected chi connectivity index (χ4v) is 7.70. The van der Waals surface area contributed by atoms with Gasteiger partial charge in [-0.1, -0.05) is 140 Å². The molecule has 1 heterocycles. The maximum Gasteiger partial charge on any atom is 0.136 e. The zero-order valence-electron chi connectivity index (χ0n) is 28.4. The lowest BCUT2D eigenvalue weighted by atomic mass is 9.92. The molecule has 10 aromatic rings. The molecular weight excluding hydrogens is 631 g/mol. The van der Waals surface area contributed by atoms with Crippen LogP contribution in [0.2, 0.25) is 0 Å². The Morgan fingerprint density at radius 1 is 0.308 bits per heavy atom. The number of hydrogen-bond acceptors (Lipinski definition) is 2. The van der Waals surface area contributed by atoms with Gasteiger partial charge in [-0.3, -0.25) is 0 Å². The maximum atomic E-state index is 6.47. The number of nitrogens with zero attached hydrogens (tertiary/aromatic N) is 1. The molecule has 2 heteroatoms. The molecule has 10 rings (SSSR count). The van der Waals surface area contributed by atoms with Crippen LogP contribution in [0.5, 0.6) is 0 Å². The SMILES string of the molecule is c1ccc(-c2cc3oc4ccccc4c3c3cc(-c4cccc(N(c5ccccc5)c5ccc(-c6ccc7ccccc7c6)cc5)c4)ccc23)cc1. The Hall–Kier alpha value is -6.90. The normalized spacial score (nSPS) is 11.5. The summed E-state index contributed by atoms with van der Waals surface area (Å²) in [6, 6.07) is 71.7. The molecule has 0 bridgehead atoms. The van der Waals surface area contributed by atoms with E-state index in [9.17, 15) is 0 Å². The van der Waals surface area contributed by atoms with Gasteiger partial charge in [0.05, 0.1) is 0 Å². The number of para-hydroxylation sites is 2. The molecular formula is C50H33NO. The fraction of sp³-hybridized carbons (Fsp3) is 0. The molecule has 2 nitrogen and oxygen atoms in total. The molecule has 0 saturated heterocycles. The zero-order chi connectivity index (χ0) is 34.4. The molecule has 0 aliphatic carbocycles. The van der Waals surface area contributed by atoms with Gasteiger partial charge >= 0.3 is 0 Å². The van der Waals surface area contributed by atoms with Crippen molar-refractivity contribution in [2.24, 2.45) is 0 Å². The largest absolute Gasteiger partial charge is 0.456 e. The average Bonchev–Trinajstić information content (AvgIpc) is 3.60. The van der Waals surface area contributed by atoms with Crippen molar-refractivity contribution in [1.82, 2.24) is 0 Å². The summed E-state index contributed by atoms with van der Waals surface area (Å²) in [6.45, 7) is 0. The number of furan rings is 1. The van der Waals surface area contributed by atoms with Gasteiger partial charge < -0.3 is 9.32 Å². The van der Waals surface area contributed by atoms with Crippen LogP contribution in [0.1, 0.15) is 0 Å². The minimum Gasteiger partial charge on any atom is -0.456 e. The van der Waals surface area contributed by atoms with E-state index < -0.39 is 0 Å².